The Morgan fingerprint density at radius 3 is 2.22 bits per heavy atom. The zero-order chi connectivity index (χ0) is 13.8. The normalized spacial score (nSPS) is 11.3. The first-order valence-corrected chi connectivity index (χ1v) is 7.20. The lowest BCUT2D eigenvalue weighted by atomic mass is 10.2. The van der Waals surface area contributed by atoms with Gasteiger partial charge in [-0.1, -0.05) is 13.8 Å². The molecule has 1 aromatic rings. The van der Waals surface area contributed by atoms with Crippen LogP contribution < -0.4 is 4.74 Å². The lowest BCUT2D eigenvalue weighted by molar-refractivity contribution is 0.115. The van der Waals surface area contributed by atoms with E-state index in [0.29, 0.717) is 0 Å². The molecule has 1 aromatic carbocycles. The highest BCUT2D eigenvalue weighted by atomic mass is 32.2. The van der Waals surface area contributed by atoms with Crippen molar-refractivity contribution in [3.63, 3.8) is 0 Å². The molecule has 0 atom stereocenters. The minimum Gasteiger partial charge on any atom is -0.426 e. The van der Waals surface area contributed by atoms with E-state index in [0.717, 1.165) is 6.26 Å². The molecular weight excluding hydrogens is 256 g/mol. The summed E-state index contributed by atoms with van der Waals surface area (Å²) < 4.78 is 32.0. The summed E-state index contributed by atoms with van der Waals surface area (Å²) in [5, 5.41) is 0. The Kier molecular flexibility index (Phi) is 4.72. The maximum Gasteiger partial charge on any atom is 0.514 e. The van der Waals surface area contributed by atoms with Gasteiger partial charge in [-0.05, 0) is 30.2 Å². The maximum atomic E-state index is 11.2. The van der Waals surface area contributed by atoms with Crippen LogP contribution in [0.15, 0.2) is 29.2 Å². The molecule has 99 valence electrons. The van der Waals surface area contributed by atoms with Gasteiger partial charge in [0.2, 0.25) is 0 Å². The fourth-order valence-corrected chi connectivity index (χ4v) is 1.70. The van der Waals surface area contributed by atoms with E-state index in [9.17, 15) is 13.2 Å². The largest absolute Gasteiger partial charge is 0.514 e. The highest BCUT2D eigenvalue weighted by Crippen LogP contribution is 2.16. The first-order chi connectivity index (χ1) is 8.29. The number of carbonyl (C=O) groups is 1. The first kappa shape index (κ1) is 14.5. The second-order valence-corrected chi connectivity index (χ2v) is 6.11. The molecule has 18 heavy (non-hydrogen) atoms. The summed E-state index contributed by atoms with van der Waals surface area (Å²) in [7, 11) is -3.25. The van der Waals surface area contributed by atoms with E-state index in [1.807, 2.05) is 13.8 Å². The van der Waals surface area contributed by atoms with E-state index in [1.165, 1.54) is 30.9 Å². The third kappa shape index (κ3) is 4.75. The number of rotatable bonds is 4. The smallest absolute Gasteiger partial charge is 0.426 e. The van der Waals surface area contributed by atoms with E-state index in [2.05, 4.69) is 0 Å². The van der Waals surface area contributed by atoms with Gasteiger partial charge in [0.05, 0.1) is 4.90 Å². The Balaban J connectivity index is 2.62. The number of hydrogen-bond acceptors (Lipinski definition) is 5. The molecular formula is C12H15O5S. The van der Waals surface area contributed by atoms with Crippen molar-refractivity contribution in [3.8, 4) is 5.75 Å². The van der Waals surface area contributed by atoms with Crippen molar-refractivity contribution in [1.29, 1.82) is 0 Å². The number of hydrogen-bond donors (Lipinski definition) is 0. The predicted octanol–water partition coefficient (Wildman–Crippen LogP) is 2.42. The Morgan fingerprint density at radius 2 is 1.78 bits per heavy atom. The van der Waals surface area contributed by atoms with Crippen LogP contribution >= 0.6 is 0 Å². The molecule has 0 spiro atoms. The van der Waals surface area contributed by atoms with Crippen molar-refractivity contribution >= 4 is 16.0 Å². The molecule has 5 nitrogen and oxygen atoms in total. The molecule has 0 fully saturated rings. The molecule has 6 heteroatoms. The van der Waals surface area contributed by atoms with Gasteiger partial charge >= 0.3 is 6.16 Å². The fraction of sp³-hybridized carbons (Fsp3) is 0.333. The van der Waals surface area contributed by atoms with Crippen LogP contribution in [-0.4, -0.2) is 20.8 Å². The van der Waals surface area contributed by atoms with Gasteiger partial charge < -0.3 is 9.47 Å². The fourth-order valence-electron chi connectivity index (χ4n) is 1.07. The van der Waals surface area contributed by atoms with Crippen LogP contribution in [0.2, 0.25) is 0 Å². The van der Waals surface area contributed by atoms with E-state index in [4.69, 9.17) is 9.47 Å². The topological polar surface area (TPSA) is 69.7 Å². The molecule has 0 heterocycles. The summed E-state index contributed by atoms with van der Waals surface area (Å²) >= 11 is 0. The van der Waals surface area contributed by atoms with Crippen molar-refractivity contribution in [2.24, 2.45) is 5.92 Å². The zero-order valence-corrected chi connectivity index (χ0v) is 11.2. The van der Waals surface area contributed by atoms with Crippen molar-refractivity contribution in [2.45, 2.75) is 18.7 Å². The molecule has 0 aliphatic heterocycles. The molecule has 0 bridgehead atoms. The van der Waals surface area contributed by atoms with E-state index < -0.39 is 16.0 Å². The SMILES string of the molecule is CC(C)[CH]OC(=O)Oc1ccc(S(C)(=O)=O)cc1. The third-order valence-electron chi connectivity index (χ3n) is 1.89. The summed E-state index contributed by atoms with van der Waals surface area (Å²) in [4.78, 5) is 11.4. The minimum atomic E-state index is -3.25. The summed E-state index contributed by atoms with van der Waals surface area (Å²) in [6.07, 6.45) is 0.255. The average Bonchev–Trinajstić information content (AvgIpc) is 2.26. The van der Waals surface area contributed by atoms with Gasteiger partial charge in [-0.25, -0.2) is 13.2 Å². The molecule has 0 amide bonds. The van der Waals surface area contributed by atoms with Crippen molar-refractivity contribution in [1.82, 2.24) is 0 Å². The second kappa shape index (κ2) is 5.86. The van der Waals surface area contributed by atoms with Gasteiger partial charge in [0, 0.05) is 6.26 Å². The standard InChI is InChI=1S/C12H15O5S/c1-9(2)8-16-12(13)17-10-4-6-11(7-5-10)18(3,14)15/h4-9H,1-3H3. The summed E-state index contributed by atoms with van der Waals surface area (Å²) in [6.45, 7) is 5.07. The van der Waals surface area contributed by atoms with Crippen LogP contribution in [0.5, 0.6) is 5.75 Å². The Hall–Kier alpha value is -1.56. The van der Waals surface area contributed by atoms with Crippen molar-refractivity contribution in [3.05, 3.63) is 30.9 Å². The molecule has 1 radical (unpaired) electrons. The molecule has 0 aromatic heterocycles. The van der Waals surface area contributed by atoms with Gasteiger partial charge in [0.25, 0.3) is 0 Å². The molecule has 0 aliphatic rings. The molecule has 0 saturated heterocycles. The van der Waals surface area contributed by atoms with Gasteiger partial charge in [0.15, 0.2) is 9.84 Å². The van der Waals surface area contributed by atoms with Gasteiger partial charge in [-0.15, -0.1) is 0 Å². The maximum absolute atomic E-state index is 11.2. The van der Waals surface area contributed by atoms with Gasteiger partial charge in [-0.3, -0.25) is 0 Å². The van der Waals surface area contributed by atoms with E-state index >= 15 is 0 Å². The van der Waals surface area contributed by atoms with E-state index in [1.54, 1.807) is 0 Å². The number of ether oxygens (including phenoxy) is 2. The number of carbonyl (C=O) groups excluding carboxylic acids is 1. The van der Waals surface area contributed by atoms with E-state index in [-0.39, 0.29) is 16.6 Å². The Morgan fingerprint density at radius 1 is 1.22 bits per heavy atom. The first-order valence-electron chi connectivity index (χ1n) is 5.31. The molecule has 0 saturated carbocycles. The number of benzene rings is 1. The quantitative estimate of drug-likeness (QED) is 0.621. The second-order valence-electron chi connectivity index (χ2n) is 4.09. The highest BCUT2D eigenvalue weighted by Gasteiger charge is 2.10. The van der Waals surface area contributed by atoms with Crippen LogP contribution in [0.25, 0.3) is 0 Å². The molecule has 0 N–H and O–H groups in total. The van der Waals surface area contributed by atoms with Crippen LogP contribution in [0.3, 0.4) is 0 Å². The lowest BCUT2D eigenvalue weighted by Gasteiger charge is -2.07. The summed E-state index contributed by atoms with van der Waals surface area (Å²) in [5.41, 5.74) is 0. The minimum absolute atomic E-state index is 0.102. The highest BCUT2D eigenvalue weighted by molar-refractivity contribution is 7.90. The van der Waals surface area contributed by atoms with Crippen LogP contribution in [0, 0.1) is 12.5 Å². The summed E-state index contributed by atoms with van der Waals surface area (Å²) in [6, 6.07) is 5.52. The van der Waals surface area contributed by atoms with Gasteiger partial charge in [-0.2, -0.15) is 0 Å². The van der Waals surface area contributed by atoms with Crippen LogP contribution in [-0.2, 0) is 14.6 Å². The zero-order valence-electron chi connectivity index (χ0n) is 10.4. The van der Waals surface area contributed by atoms with Crippen molar-refractivity contribution < 1.29 is 22.7 Å². The lowest BCUT2D eigenvalue weighted by Crippen LogP contribution is -2.10. The average molecular weight is 271 g/mol. The summed E-state index contributed by atoms with van der Waals surface area (Å²) in [5.74, 6) is 0.328. The Bertz CT molecular complexity index is 502. The number of sulfone groups is 1. The monoisotopic (exact) mass is 271 g/mol. The van der Waals surface area contributed by atoms with Gasteiger partial charge in [0.1, 0.15) is 12.4 Å². The molecule has 1 rings (SSSR count). The van der Waals surface area contributed by atoms with Crippen molar-refractivity contribution in [2.75, 3.05) is 6.26 Å². The van der Waals surface area contributed by atoms with Crippen LogP contribution in [0.1, 0.15) is 13.8 Å². The molecule has 0 unspecified atom stereocenters. The van der Waals surface area contributed by atoms with Crippen LogP contribution in [0.4, 0.5) is 4.79 Å². The third-order valence-corrected chi connectivity index (χ3v) is 3.02. The Labute approximate surface area is 107 Å². The predicted molar refractivity (Wildman–Crippen MR) is 65.8 cm³/mol. The molecule has 0 aliphatic carbocycles.